The van der Waals surface area contributed by atoms with E-state index < -0.39 is 0 Å². The van der Waals surface area contributed by atoms with Crippen LogP contribution in [-0.2, 0) is 17.9 Å². The molecule has 4 rings (SSSR count). The summed E-state index contributed by atoms with van der Waals surface area (Å²) in [5, 5.41) is 12.3. The van der Waals surface area contributed by atoms with Gasteiger partial charge in [0.2, 0.25) is 5.91 Å². The highest BCUT2D eigenvalue weighted by Gasteiger charge is 2.32. The molecule has 0 saturated heterocycles. The molecule has 0 fully saturated rings. The van der Waals surface area contributed by atoms with Gasteiger partial charge in [0, 0.05) is 23.6 Å². The molecule has 25 heavy (non-hydrogen) atoms. The van der Waals surface area contributed by atoms with E-state index in [1.54, 1.807) is 10.9 Å². The molecule has 0 radical (unpaired) electrons. The zero-order valence-electron chi connectivity index (χ0n) is 13.7. The van der Waals surface area contributed by atoms with Gasteiger partial charge in [-0.3, -0.25) is 4.79 Å². The second-order valence-corrected chi connectivity index (χ2v) is 6.34. The third-order valence-electron chi connectivity index (χ3n) is 4.43. The van der Waals surface area contributed by atoms with Gasteiger partial charge in [0.1, 0.15) is 18.0 Å². The lowest BCUT2D eigenvalue weighted by Crippen LogP contribution is -2.26. The predicted octanol–water partition coefficient (Wildman–Crippen LogP) is 2.67. The fraction of sp³-hybridized carbons (Fsp3) is 0.294. The number of hydrogen-bond donors (Lipinski definition) is 1. The minimum absolute atomic E-state index is 0.0518. The number of fused-ring (bicyclic) bond motifs is 1. The molecule has 7 nitrogen and oxygen atoms in total. The Labute approximate surface area is 149 Å². The van der Waals surface area contributed by atoms with Crippen LogP contribution in [0.1, 0.15) is 36.2 Å². The number of carbonyl (C=O) groups excluding carboxylic acids is 1. The van der Waals surface area contributed by atoms with Crippen LogP contribution in [-0.4, -0.2) is 30.5 Å². The number of nitrogens with zero attached hydrogens (tertiary/aromatic N) is 5. The van der Waals surface area contributed by atoms with Crippen molar-refractivity contribution in [2.75, 3.05) is 5.32 Å². The van der Waals surface area contributed by atoms with Gasteiger partial charge in [-0.1, -0.05) is 29.8 Å². The van der Waals surface area contributed by atoms with Gasteiger partial charge in [-0.2, -0.15) is 10.2 Å². The number of rotatable bonds is 4. The Morgan fingerprint density at radius 2 is 2.12 bits per heavy atom. The third kappa shape index (κ3) is 2.80. The fourth-order valence-electron chi connectivity index (χ4n) is 3.19. The highest BCUT2D eigenvalue weighted by Crippen LogP contribution is 2.36. The van der Waals surface area contributed by atoms with Crippen molar-refractivity contribution >= 4 is 23.3 Å². The number of aromatic nitrogens is 5. The van der Waals surface area contributed by atoms with Crippen LogP contribution in [0.15, 0.2) is 36.8 Å². The number of anilines is 1. The molecule has 8 heteroatoms. The Bertz CT molecular complexity index is 931. The topological polar surface area (TPSA) is 77.6 Å². The quantitative estimate of drug-likeness (QED) is 0.779. The molecule has 0 aliphatic carbocycles. The number of carbonyl (C=O) groups is 1. The summed E-state index contributed by atoms with van der Waals surface area (Å²) in [7, 11) is 0. The molecule has 0 unspecified atom stereocenters. The fourth-order valence-corrected chi connectivity index (χ4v) is 3.39. The van der Waals surface area contributed by atoms with Crippen LogP contribution in [0.3, 0.4) is 0 Å². The summed E-state index contributed by atoms with van der Waals surface area (Å²) in [6, 6.07) is 7.62. The molecule has 0 saturated carbocycles. The average Bonchev–Trinajstić information content (AvgIpc) is 3.23. The monoisotopic (exact) mass is 356 g/mol. The summed E-state index contributed by atoms with van der Waals surface area (Å²) < 4.78 is 3.59. The molecular formula is C17H17ClN6O. The van der Waals surface area contributed by atoms with Gasteiger partial charge in [0.25, 0.3) is 0 Å². The first-order valence-electron chi connectivity index (χ1n) is 8.14. The van der Waals surface area contributed by atoms with Crippen LogP contribution in [0, 0.1) is 0 Å². The van der Waals surface area contributed by atoms with Gasteiger partial charge < -0.3 is 5.32 Å². The van der Waals surface area contributed by atoms with E-state index >= 15 is 0 Å². The Balaban J connectivity index is 1.73. The molecule has 1 N–H and O–H groups in total. The molecule has 3 aromatic rings. The Morgan fingerprint density at radius 1 is 1.28 bits per heavy atom. The number of halogens is 1. The maximum absolute atomic E-state index is 12.3. The van der Waals surface area contributed by atoms with Crippen molar-refractivity contribution in [3.8, 4) is 0 Å². The van der Waals surface area contributed by atoms with E-state index in [9.17, 15) is 4.79 Å². The molecule has 1 atom stereocenters. The number of hydrogen-bond acceptors (Lipinski definition) is 4. The average molecular weight is 357 g/mol. The second kappa shape index (κ2) is 6.33. The van der Waals surface area contributed by atoms with Crippen LogP contribution in [0.4, 0.5) is 5.82 Å². The van der Waals surface area contributed by atoms with Gasteiger partial charge in [0.05, 0.1) is 18.7 Å². The summed E-state index contributed by atoms with van der Waals surface area (Å²) in [5.74, 6) is 1.29. The highest BCUT2D eigenvalue weighted by molar-refractivity contribution is 6.31. The van der Waals surface area contributed by atoms with E-state index in [1.165, 1.54) is 6.33 Å². The molecular weight excluding hydrogens is 340 g/mol. The zero-order valence-corrected chi connectivity index (χ0v) is 14.4. The molecule has 0 bridgehead atoms. The van der Waals surface area contributed by atoms with Crippen molar-refractivity contribution < 1.29 is 4.79 Å². The van der Waals surface area contributed by atoms with Crippen LogP contribution in [0.25, 0.3) is 0 Å². The summed E-state index contributed by atoms with van der Waals surface area (Å²) in [4.78, 5) is 16.6. The van der Waals surface area contributed by atoms with Gasteiger partial charge in [-0.15, -0.1) is 0 Å². The molecule has 1 aliphatic rings. The molecule has 3 heterocycles. The van der Waals surface area contributed by atoms with Crippen molar-refractivity contribution in [3.63, 3.8) is 0 Å². The van der Waals surface area contributed by atoms with Gasteiger partial charge in [-0.05, 0) is 18.6 Å². The largest absolute Gasteiger partial charge is 0.311 e. The first-order chi connectivity index (χ1) is 12.2. The van der Waals surface area contributed by atoms with Crippen molar-refractivity contribution in [2.24, 2.45) is 0 Å². The smallest absolute Gasteiger partial charge is 0.226 e. The van der Waals surface area contributed by atoms with Crippen LogP contribution in [0.5, 0.6) is 0 Å². The second-order valence-electron chi connectivity index (χ2n) is 5.94. The lowest BCUT2D eigenvalue weighted by molar-refractivity contribution is -0.116. The first kappa shape index (κ1) is 15.8. The van der Waals surface area contributed by atoms with E-state index in [0.29, 0.717) is 30.4 Å². The Morgan fingerprint density at radius 3 is 2.92 bits per heavy atom. The van der Waals surface area contributed by atoms with Crippen LogP contribution >= 0.6 is 11.6 Å². The van der Waals surface area contributed by atoms with Gasteiger partial charge in [-0.25, -0.2) is 14.3 Å². The maximum Gasteiger partial charge on any atom is 0.226 e. The lowest BCUT2D eigenvalue weighted by atomic mass is 9.93. The maximum atomic E-state index is 12.3. The van der Waals surface area contributed by atoms with E-state index in [0.717, 1.165) is 17.0 Å². The standard InChI is InChI=1S/C17H17ClN6O/c1-2-23-16(19-10-21-23)12-7-15(25)22-17-13(12)8-20-24(17)9-11-5-3-4-6-14(11)18/h3-6,8,10,12H,2,7,9H2,1H3,(H,22,25)/t12-/m1/s1. The van der Waals surface area contributed by atoms with Crippen molar-refractivity contribution in [1.82, 2.24) is 24.5 Å². The van der Waals surface area contributed by atoms with Crippen molar-refractivity contribution in [3.05, 3.63) is 58.8 Å². The zero-order chi connectivity index (χ0) is 17.4. The van der Waals surface area contributed by atoms with E-state index in [2.05, 4.69) is 20.5 Å². The first-order valence-corrected chi connectivity index (χ1v) is 8.51. The third-order valence-corrected chi connectivity index (χ3v) is 4.79. The summed E-state index contributed by atoms with van der Waals surface area (Å²) in [6.07, 6.45) is 3.66. The summed E-state index contributed by atoms with van der Waals surface area (Å²) in [5.41, 5.74) is 1.90. The normalized spacial score (nSPS) is 16.6. The SMILES string of the molecule is CCn1ncnc1[C@@H]1CC(=O)Nc2c1cnn2Cc1ccccc1Cl. The molecule has 1 aliphatic heterocycles. The van der Waals surface area contributed by atoms with E-state index in [4.69, 9.17) is 11.6 Å². The van der Waals surface area contributed by atoms with E-state index in [-0.39, 0.29) is 11.8 Å². The minimum atomic E-state index is -0.147. The highest BCUT2D eigenvalue weighted by atomic mass is 35.5. The molecule has 128 valence electrons. The predicted molar refractivity (Wildman–Crippen MR) is 93.6 cm³/mol. The molecule has 2 aromatic heterocycles. The number of nitrogens with one attached hydrogen (secondary N) is 1. The lowest BCUT2D eigenvalue weighted by Gasteiger charge is -2.23. The van der Waals surface area contributed by atoms with Crippen molar-refractivity contribution in [2.45, 2.75) is 32.4 Å². The van der Waals surface area contributed by atoms with E-state index in [1.807, 2.05) is 35.9 Å². The minimum Gasteiger partial charge on any atom is -0.311 e. The Hall–Kier alpha value is -2.67. The van der Waals surface area contributed by atoms with Crippen LogP contribution < -0.4 is 5.32 Å². The molecule has 0 spiro atoms. The number of aryl methyl sites for hydroxylation is 1. The summed E-state index contributed by atoms with van der Waals surface area (Å²) >= 11 is 6.25. The molecule has 1 amide bonds. The van der Waals surface area contributed by atoms with Gasteiger partial charge in [0.15, 0.2) is 0 Å². The number of amides is 1. The summed E-state index contributed by atoms with van der Waals surface area (Å²) in [6.45, 7) is 3.20. The Kier molecular flexibility index (Phi) is 4.01. The van der Waals surface area contributed by atoms with Crippen LogP contribution in [0.2, 0.25) is 5.02 Å². The van der Waals surface area contributed by atoms with Gasteiger partial charge >= 0.3 is 0 Å². The molecule has 1 aromatic carbocycles. The number of benzene rings is 1. The van der Waals surface area contributed by atoms with Crippen molar-refractivity contribution in [1.29, 1.82) is 0 Å².